The maximum Gasteiger partial charge on any atom is 0.339 e. The number of esters is 1. The highest BCUT2D eigenvalue weighted by molar-refractivity contribution is 7.99. The van der Waals surface area contributed by atoms with Crippen molar-refractivity contribution in [2.45, 2.75) is 18.7 Å². The van der Waals surface area contributed by atoms with Crippen molar-refractivity contribution >= 4 is 17.7 Å². The molecule has 1 aromatic rings. The summed E-state index contributed by atoms with van der Waals surface area (Å²) in [7, 11) is 1.39. The number of aryl methyl sites for hydroxylation is 1. The zero-order valence-corrected chi connectivity index (χ0v) is 11.2. The first-order valence-electron chi connectivity index (χ1n) is 5.51. The lowest BCUT2D eigenvalue weighted by molar-refractivity contribution is 0.0596. The van der Waals surface area contributed by atoms with E-state index in [4.69, 9.17) is 9.84 Å². The summed E-state index contributed by atoms with van der Waals surface area (Å²) in [4.78, 5) is 12.6. The molecule has 0 aliphatic carbocycles. The Balaban J connectivity index is 2.91. The van der Waals surface area contributed by atoms with Crippen molar-refractivity contribution < 1.29 is 14.6 Å². The molecular weight excluding hydrogens is 236 g/mol. The molecule has 0 aromatic heterocycles. The van der Waals surface area contributed by atoms with Crippen LogP contribution in [-0.2, 0) is 4.74 Å². The molecule has 1 N–H and O–H groups in total. The molecule has 0 aliphatic heterocycles. The van der Waals surface area contributed by atoms with Crippen LogP contribution >= 0.6 is 11.8 Å². The van der Waals surface area contributed by atoms with E-state index in [2.05, 4.69) is 0 Å². The smallest absolute Gasteiger partial charge is 0.339 e. The fraction of sp³-hybridized carbons (Fsp3) is 0.462. The van der Waals surface area contributed by atoms with Crippen LogP contribution in [0.5, 0.6) is 0 Å². The Labute approximate surface area is 106 Å². The second-order valence-electron chi connectivity index (χ2n) is 4.04. The van der Waals surface area contributed by atoms with Crippen LogP contribution in [0.3, 0.4) is 0 Å². The van der Waals surface area contributed by atoms with Crippen molar-refractivity contribution in [1.82, 2.24) is 0 Å². The van der Waals surface area contributed by atoms with E-state index in [0.717, 1.165) is 16.2 Å². The Bertz CT molecular complexity index is 390. The maximum atomic E-state index is 11.7. The van der Waals surface area contributed by atoms with Gasteiger partial charge in [0.2, 0.25) is 0 Å². The predicted molar refractivity (Wildman–Crippen MR) is 69.5 cm³/mol. The first-order valence-corrected chi connectivity index (χ1v) is 6.50. The normalized spacial score (nSPS) is 12.2. The molecule has 0 heterocycles. The predicted octanol–water partition coefficient (Wildman–Crippen LogP) is 2.50. The van der Waals surface area contributed by atoms with Gasteiger partial charge in [0.15, 0.2) is 0 Å². The number of methoxy groups -OCH3 is 1. The zero-order chi connectivity index (χ0) is 12.8. The molecule has 1 aromatic carbocycles. The number of aliphatic hydroxyl groups is 1. The first kappa shape index (κ1) is 14.1. The third-order valence-corrected chi connectivity index (χ3v) is 3.85. The first-order chi connectivity index (χ1) is 8.10. The lowest BCUT2D eigenvalue weighted by Crippen LogP contribution is -2.08. The molecule has 0 bridgehead atoms. The molecule has 94 valence electrons. The van der Waals surface area contributed by atoms with Crippen LogP contribution in [0.1, 0.15) is 22.8 Å². The summed E-state index contributed by atoms with van der Waals surface area (Å²) in [5, 5.41) is 8.99. The van der Waals surface area contributed by atoms with Gasteiger partial charge in [-0.1, -0.05) is 19.1 Å². The van der Waals surface area contributed by atoms with Gasteiger partial charge in [0.05, 0.1) is 12.7 Å². The molecule has 17 heavy (non-hydrogen) atoms. The van der Waals surface area contributed by atoms with Crippen molar-refractivity contribution in [2.24, 2.45) is 5.92 Å². The van der Waals surface area contributed by atoms with E-state index in [1.54, 1.807) is 11.8 Å². The molecule has 0 spiro atoms. The summed E-state index contributed by atoms with van der Waals surface area (Å²) in [6.45, 7) is 4.03. The quantitative estimate of drug-likeness (QED) is 0.648. The minimum atomic E-state index is -0.303. The van der Waals surface area contributed by atoms with Gasteiger partial charge in [-0.2, -0.15) is 0 Å². The SMILES string of the molecule is COC(=O)c1c(C)cccc1SC[C@@H](C)CO. The number of carbonyl (C=O) groups excluding carboxylic acids is 1. The Morgan fingerprint density at radius 1 is 1.53 bits per heavy atom. The highest BCUT2D eigenvalue weighted by Crippen LogP contribution is 2.27. The van der Waals surface area contributed by atoms with Gasteiger partial charge in [0.1, 0.15) is 0 Å². The number of benzene rings is 1. The monoisotopic (exact) mass is 254 g/mol. The summed E-state index contributed by atoms with van der Waals surface area (Å²) in [5.41, 5.74) is 1.55. The Kier molecular flexibility index (Phi) is 5.51. The molecular formula is C13H18O3S. The standard InChI is InChI=1S/C13H18O3S/c1-9(7-14)8-17-11-6-4-5-10(2)12(11)13(15)16-3/h4-6,9,14H,7-8H2,1-3H3/t9-/m0/s1. The molecule has 0 saturated carbocycles. The lowest BCUT2D eigenvalue weighted by Gasteiger charge is -2.12. The van der Waals surface area contributed by atoms with Crippen LogP contribution in [0, 0.1) is 12.8 Å². The van der Waals surface area contributed by atoms with E-state index >= 15 is 0 Å². The van der Waals surface area contributed by atoms with Gasteiger partial charge in [-0.3, -0.25) is 0 Å². The van der Waals surface area contributed by atoms with Crippen LogP contribution < -0.4 is 0 Å². The van der Waals surface area contributed by atoms with E-state index < -0.39 is 0 Å². The van der Waals surface area contributed by atoms with E-state index in [0.29, 0.717) is 5.56 Å². The van der Waals surface area contributed by atoms with Crippen molar-refractivity contribution in [3.63, 3.8) is 0 Å². The molecule has 3 nitrogen and oxygen atoms in total. The molecule has 0 aliphatic rings. The lowest BCUT2D eigenvalue weighted by atomic mass is 10.1. The molecule has 0 radical (unpaired) electrons. The molecule has 0 unspecified atom stereocenters. The van der Waals surface area contributed by atoms with E-state index in [1.807, 2.05) is 32.0 Å². The van der Waals surface area contributed by atoms with Crippen molar-refractivity contribution in [3.05, 3.63) is 29.3 Å². The fourth-order valence-electron chi connectivity index (χ4n) is 1.41. The third-order valence-electron chi connectivity index (χ3n) is 2.46. The number of aliphatic hydroxyl groups excluding tert-OH is 1. The minimum absolute atomic E-state index is 0.159. The van der Waals surface area contributed by atoms with Gasteiger partial charge in [0, 0.05) is 17.3 Å². The number of thioether (sulfide) groups is 1. The Morgan fingerprint density at radius 2 is 2.24 bits per heavy atom. The van der Waals surface area contributed by atoms with Gasteiger partial charge < -0.3 is 9.84 Å². The third kappa shape index (κ3) is 3.75. The van der Waals surface area contributed by atoms with E-state index in [9.17, 15) is 4.79 Å². The number of hydrogen-bond donors (Lipinski definition) is 1. The van der Waals surface area contributed by atoms with Crippen LogP contribution in [-0.4, -0.2) is 30.5 Å². The van der Waals surface area contributed by atoms with Gasteiger partial charge in [-0.15, -0.1) is 11.8 Å². The van der Waals surface area contributed by atoms with Gasteiger partial charge in [0.25, 0.3) is 0 Å². The van der Waals surface area contributed by atoms with E-state index in [-0.39, 0.29) is 18.5 Å². The summed E-state index contributed by atoms with van der Waals surface area (Å²) in [6, 6.07) is 5.73. The average molecular weight is 254 g/mol. The highest BCUT2D eigenvalue weighted by Gasteiger charge is 2.15. The fourth-order valence-corrected chi connectivity index (χ4v) is 2.54. The minimum Gasteiger partial charge on any atom is -0.465 e. The number of hydrogen-bond acceptors (Lipinski definition) is 4. The topological polar surface area (TPSA) is 46.5 Å². The number of ether oxygens (including phenoxy) is 1. The Hall–Kier alpha value is -1.00. The van der Waals surface area contributed by atoms with Crippen LogP contribution in [0.2, 0.25) is 0 Å². The second kappa shape index (κ2) is 6.67. The number of rotatable bonds is 5. The molecule has 1 rings (SSSR count). The number of carbonyl (C=O) groups is 1. The van der Waals surface area contributed by atoms with Crippen LogP contribution in [0.15, 0.2) is 23.1 Å². The summed E-state index contributed by atoms with van der Waals surface area (Å²) < 4.78 is 4.79. The van der Waals surface area contributed by atoms with Crippen molar-refractivity contribution in [2.75, 3.05) is 19.5 Å². The largest absolute Gasteiger partial charge is 0.465 e. The maximum absolute atomic E-state index is 11.7. The summed E-state index contributed by atoms with van der Waals surface area (Å²) >= 11 is 1.58. The highest BCUT2D eigenvalue weighted by atomic mass is 32.2. The van der Waals surface area contributed by atoms with Crippen LogP contribution in [0.4, 0.5) is 0 Å². The van der Waals surface area contributed by atoms with Gasteiger partial charge in [-0.25, -0.2) is 4.79 Å². The van der Waals surface area contributed by atoms with Crippen LogP contribution in [0.25, 0.3) is 0 Å². The molecule has 0 saturated heterocycles. The summed E-state index contributed by atoms with van der Waals surface area (Å²) in [6.07, 6.45) is 0. The van der Waals surface area contributed by atoms with Crippen molar-refractivity contribution in [1.29, 1.82) is 0 Å². The zero-order valence-electron chi connectivity index (χ0n) is 10.4. The average Bonchev–Trinajstić information content (AvgIpc) is 2.35. The van der Waals surface area contributed by atoms with Gasteiger partial charge in [-0.05, 0) is 24.5 Å². The van der Waals surface area contributed by atoms with Crippen molar-refractivity contribution in [3.8, 4) is 0 Å². The molecule has 0 fully saturated rings. The molecule has 0 amide bonds. The summed E-state index contributed by atoms with van der Waals surface area (Å²) in [5.74, 6) is 0.692. The molecule has 4 heteroatoms. The molecule has 1 atom stereocenters. The second-order valence-corrected chi connectivity index (χ2v) is 5.10. The van der Waals surface area contributed by atoms with Gasteiger partial charge >= 0.3 is 5.97 Å². The van der Waals surface area contributed by atoms with E-state index in [1.165, 1.54) is 7.11 Å². The Morgan fingerprint density at radius 3 is 2.82 bits per heavy atom.